The van der Waals surface area contributed by atoms with E-state index in [1.54, 1.807) is 0 Å². The third-order valence-electron chi connectivity index (χ3n) is 2.51. The molecule has 1 heterocycles. The maximum Gasteiger partial charge on any atom is 0.240 e. The van der Waals surface area contributed by atoms with Crippen molar-refractivity contribution in [2.24, 2.45) is 0 Å². The Morgan fingerprint density at radius 3 is 2.76 bits per heavy atom. The second kappa shape index (κ2) is 6.15. The van der Waals surface area contributed by atoms with Crippen molar-refractivity contribution in [3.63, 3.8) is 0 Å². The second-order valence-electron chi connectivity index (χ2n) is 4.00. The summed E-state index contributed by atoms with van der Waals surface area (Å²) in [6.45, 7) is 3.42. The maximum atomic E-state index is 5.01. The molecule has 1 aromatic heterocycles. The first-order valence-corrected chi connectivity index (χ1v) is 5.88. The number of nitrogens with zero attached hydrogens (tertiary/aromatic N) is 2. The fraction of sp³-hybridized carbons (Fsp3) is 0.385. The van der Waals surface area contributed by atoms with Gasteiger partial charge in [0.2, 0.25) is 5.89 Å². The van der Waals surface area contributed by atoms with Crippen molar-refractivity contribution in [2.45, 2.75) is 26.3 Å². The quantitative estimate of drug-likeness (QED) is 0.773. The van der Waals surface area contributed by atoms with Crippen LogP contribution in [0.4, 0.5) is 0 Å². The molecule has 1 N–H and O–H groups in total. The van der Waals surface area contributed by atoms with E-state index in [1.165, 1.54) is 5.56 Å². The van der Waals surface area contributed by atoms with Crippen molar-refractivity contribution < 1.29 is 4.52 Å². The summed E-state index contributed by atoms with van der Waals surface area (Å²) in [5.74, 6) is 1.34. The van der Waals surface area contributed by atoms with Crippen LogP contribution in [-0.2, 0) is 13.0 Å². The highest BCUT2D eigenvalue weighted by molar-refractivity contribution is 5.14. The lowest BCUT2D eigenvalue weighted by Gasteiger charge is -2.02. The molecular formula is C13H17N3O. The highest BCUT2D eigenvalue weighted by Gasteiger charge is 2.00. The van der Waals surface area contributed by atoms with Gasteiger partial charge in [-0.1, -0.05) is 35.5 Å². The van der Waals surface area contributed by atoms with Crippen molar-refractivity contribution in [3.05, 3.63) is 47.6 Å². The number of hydrogen-bond acceptors (Lipinski definition) is 4. The largest absolute Gasteiger partial charge is 0.338 e. The van der Waals surface area contributed by atoms with Gasteiger partial charge in [-0.05, 0) is 31.9 Å². The van der Waals surface area contributed by atoms with Gasteiger partial charge in [0.1, 0.15) is 0 Å². The van der Waals surface area contributed by atoms with Gasteiger partial charge in [0, 0.05) is 0 Å². The summed E-state index contributed by atoms with van der Waals surface area (Å²) >= 11 is 0. The van der Waals surface area contributed by atoms with Gasteiger partial charge in [0.05, 0.1) is 6.54 Å². The first-order valence-electron chi connectivity index (χ1n) is 5.88. The molecule has 0 atom stereocenters. The molecular weight excluding hydrogens is 214 g/mol. The molecule has 1 aromatic carbocycles. The Kier molecular flexibility index (Phi) is 4.27. The molecule has 0 spiro atoms. The molecule has 0 radical (unpaired) electrons. The number of benzene rings is 1. The van der Waals surface area contributed by atoms with Crippen LogP contribution in [0.3, 0.4) is 0 Å². The van der Waals surface area contributed by atoms with Crippen LogP contribution in [0.25, 0.3) is 0 Å². The molecule has 4 nitrogen and oxygen atoms in total. The topological polar surface area (TPSA) is 51.0 Å². The summed E-state index contributed by atoms with van der Waals surface area (Å²) in [6.07, 6.45) is 2.20. The lowest BCUT2D eigenvalue weighted by atomic mass is 10.1. The van der Waals surface area contributed by atoms with Gasteiger partial charge in [-0.15, -0.1) is 0 Å². The molecule has 17 heavy (non-hydrogen) atoms. The highest BCUT2D eigenvalue weighted by Crippen LogP contribution is 2.01. The third kappa shape index (κ3) is 4.00. The molecule has 90 valence electrons. The first-order chi connectivity index (χ1) is 8.34. The standard InChI is InChI=1S/C13H17N3O/c1-11-15-13(17-16-11)10-14-9-5-8-12-6-3-2-4-7-12/h2-4,6-7,14H,5,8-10H2,1H3. The zero-order valence-electron chi connectivity index (χ0n) is 10.0. The summed E-state index contributed by atoms with van der Waals surface area (Å²) in [6, 6.07) is 10.5. The molecule has 0 saturated heterocycles. The van der Waals surface area contributed by atoms with Crippen LogP contribution in [-0.4, -0.2) is 16.7 Å². The van der Waals surface area contributed by atoms with Gasteiger partial charge in [-0.25, -0.2) is 0 Å². The third-order valence-corrected chi connectivity index (χ3v) is 2.51. The zero-order valence-corrected chi connectivity index (χ0v) is 10.0. The molecule has 4 heteroatoms. The van der Waals surface area contributed by atoms with Gasteiger partial charge in [-0.3, -0.25) is 0 Å². The Balaban J connectivity index is 1.61. The van der Waals surface area contributed by atoms with Crippen LogP contribution in [0, 0.1) is 6.92 Å². The van der Waals surface area contributed by atoms with Crippen LogP contribution < -0.4 is 5.32 Å². The summed E-state index contributed by atoms with van der Waals surface area (Å²) in [7, 11) is 0. The fourth-order valence-electron chi connectivity index (χ4n) is 1.67. The van der Waals surface area contributed by atoms with Crippen LogP contribution in [0.5, 0.6) is 0 Å². The summed E-state index contributed by atoms with van der Waals surface area (Å²) in [4.78, 5) is 4.13. The predicted octanol–water partition coefficient (Wildman–Crippen LogP) is 2.10. The molecule has 0 unspecified atom stereocenters. The van der Waals surface area contributed by atoms with E-state index >= 15 is 0 Å². The van der Waals surface area contributed by atoms with Crippen LogP contribution in [0.1, 0.15) is 23.7 Å². The molecule has 0 saturated carbocycles. The van der Waals surface area contributed by atoms with Crippen molar-refractivity contribution >= 4 is 0 Å². The maximum absolute atomic E-state index is 5.01. The fourth-order valence-corrected chi connectivity index (χ4v) is 1.67. The van der Waals surface area contributed by atoms with Crippen molar-refractivity contribution in [1.29, 1.82) is 0 Å². The Hall–Kier alpha value is -1.68. The average molecular weight is 231 g/mol. The zero-order chi connectivity index (χ0) is 11.9. The molecule has 0 amide bonds. The minimum Gasteiger partial charge on any atom is -0.338 e. The second-order valence-corrected chi connectivity index (χ2v) is 4.00. The van der Waals surface area contributed by atoms with Gasteiger partial charge >= 0.3 is 0 Å². The van der Waals surface area contributed by atoms with E-state index in [4.69, 9.17) is 4.52 Å². The Morgan fingerprint density at radius 1 is 1.24 bits per heavy atom. The van der Waals surface area contributed by atoms with E-state index in [1.807, 2.05) is 13.0 Å². The number of rotatable bonds is 6. The van der Waals surface area contributed by atoms with E-state index in [0.29, 0.717) is 18.3 Å². The molecule has 2 rings (SSSR count). The minimum absolute atomic E-state index is 0.648. The smallest absolute Gasteiger partial charge is 0.240 e. The molecule has 0 aliphatic heterocycles. The SMILES string of the molecule is Cc1noc(CNCCCc2ccccc2)n1. The van der Waals surface area contributed by atoms with E-state index < -0.39 is 0 Å². The monoisotopic (exact) mass is 231 g/mol. The summed E-state index contributed by atoms with van der Waals surface area (Å²) in [5, 5.41) is 7.03. The van der Waals surface area contributed by atoms with Crippen LogP contribution in [0.15, 0.2) is 34.9 Å². The normalized spacial score (nSPS) is 10.6. The number of aryl methyl sites for hydroxylation is 2. The molecule has 2 aromatic rings. The Labute approximate surface area is 101 Å². The van der Waals surface area contributed by atoms with Crippen molar-refractivity contribution in [3.8, 4) is 0 Å². The summed E-state index contributed by atoms with van der Waals surface area (Å²) in [5.41, 5.74) is 1.38. The van der Waals surface area contributed by atoms with Crippen LogP contribution in [0.2, 0.25) is 0 Å². The van der Waals surface area contributed by atoms with Gasteiger partial charge in [-0.2, -0.15) is 4.98 Å². The summed E-state index contributed by atoms with van der Waals surface area (Å²) < 4.78 is 5.01. The van der Waals surface area contributed by atoms with E-state index in [9.17, 15) is 0 Å². The molecule has 0 aliphatic rings. The minimum atomic E-state index is 0.648. The lowest BCUT2D eigenvalue weighted by molar-refractivity contribution is 0.364. The van der Waals surface area contributed by atoms with Gasteiger partial charge in [0.25, 0.3) is 0 Å². The highest BCUT2D eigenvalue weighted by atomic mass is 16.5. The first kappa shape index (κ1) is 11.8. The van der Waals surface area contributed by atoms with Gasteiger partial charge < -0.3 is 9.84 Å². The van der Waals surface area contributed by atoms with E-state index in [-0.39, 0.29) is 0 Å². The van der Waals surface area contributed by atoms with E-state index in [2.05, 4.69) is 39.7 Å². The van der Waals surface area contributed by atoms with Gasteiger partial charge in [0.15, 0.2) is 5.82 Å². The van der Waals surface area contributed by atoms with Crippen molar-refractivity contribution in [1.82, 2.24) is 15.5 Å². The lowest BCUT2D eigenvalue weighted by Crippen LogP contribution is -2.15. The predicted molar refractivity (Wildman–Crippen MR) is 65.5 cm³/mol. The van der Waals surface area contributed by atoms with Crippen LogP contribution >= 0.6 is 0 Å². The average Bonchev–Trinajstić information content (AvgIpc) is 2.76. The number of aromatic nitrogens is 2. The number of hydrogen-bond donors (Lipinski definition) is 1. The number of nitrogens with one attached hydrogen (secondary N) is 1. The molecule has 0 bridgehead atoms. The Bertz CT molecular complexity index is 439. The van der Waals surface area contributed by atoms with Crippen molar-refractivity contribution in [2.75, 3.05) is 6.54 Å². The van der Waals surface area contributed by atoms with E-state index in [0.717, 1.165) is 19.4 Å². The molecule has 0 aliphatic carbocycles. The Morgan fingerprint density at radius 2 is 2.06 bits per heavy atom. The molecule has 0 fully saturated rings.